The fourth-order valence-electron chi connectivity index (χ4n) is 4.05. The van der Waals surface area contributed by atoms with Crippen LogP contribution < -0.4 is 22.1 Å². The van der Waals surface area contributed by atoms with Gasteiger partial charge in [0.2, 0.25) is 5.82 Å². The Morgan fingerprint density at radius 2 is 2.03 bits per heavy atom. The summed E-state index contributed by atoms with van der Waals surface area (Å²) in [5.41, 5.74) is 13.1. The van der Waals surface area contributed by atoms with Crippen molar-refractivity contribution in [3.8, 4) is 0 Å². The van der Waals surface area contributed by atoms with Crippen LogP contribution in [0.1, 0.15) is 68.6 Å². The monoisotopic (exact) mass is 411 g/mol. The van der Waals surface area contributed by atoms with Gasteiger partial charge in [-0.3, -0.25) is 4.79 Å². The van der Waals surface area contributed by atoms with E-state index in [1.807, 2.05) is 32.0 Å². The number of carbonyl (C=O) groups excluding carboxylic acids is 1. The van der Waals surface area contributed by atoms with Gasteiger partial charge >= 0.3 is 0 Å². The summed E-state index contributed by atoms with van der Waals surface area (Å²) in [5.74, 6) is 0.665. The summed E-state index contributed by atoms with van der Waals surface area (Å²) in [5, 5.41) is 7.41. The molecule has 1 heterocycles. The summed E-state index contributed by atoms with van der Waals surface area (Å²) < 4.78 is 0. The van der Waals surface area contributed by atoms with Crippen LogP contribution in [0.25, 0.3) is 10.9 Å². The largest absolute Gasteiger partial charge is 0.370 e. The lowest BCUT2D eigenvalue weighted by Crippen LogP contribution is -2.39. The molecule has 1 fully saturated rings. The van der Waals surface area contributed by atoms with Gasteiger partial charge in [-0.05, 0) is 45.2 Å². The number of nitrogens with one attached hydrogen (secondary N) is 2. The molecule has 0 saturated heterocycles. The number of benzene rings is 1. The zero-order valence-electron chi connectivity index (χ0n) is 18.1. The third-order valence-electron chi connectivity index (χ3n) is 5.52. The molecule has 3 rings (SSSR count). The molecule has 1 amide bonds. The zero-order valence-corrected chi connectivity index (χ0v) is 18.1. The van der Waals surface area contributed by atoms with E-state index in [0.717, 1.165) is 55.0 Å². The van der Waals surface area contributed by atoms with Crippen LogP contribution in [0.4, 0.5) is 5.82 Å². The van der Waals surface area contributed by atoms with Gasteiger partial charge in [0.25, 0.3) is 5.91 Å². The fourth-order valence-corrected chi connectivity index (χ4v) is 4.05. The number of amides is 1. The van der Waals surface area contributed by atoms with Crippen LogP contribution in [0.15, 0.2) is 23.2 Å². The first-order valence-corrected chi connectivity index (χ1v) is 10.8. The fraction of sp³-hybridized carbons (Fsp3) is 0.545. The van der Waals surface area contributed by atoms with Crippen LogP contribution in [0.5, 0.6) is 0 Å². The molecule has 1 aliphatic carbocycles. The van der Waals surface area contributed by atoms with E-state index in [1.54, 1.807) is 0 Å². The lowest BCUT2D eigenvalue weighted by Gasteiger charge is -2.30. The number of nitrogens with zero attached hydrogens (tertiary/aromatic N) is 3. The predicted molar refractivity (Wildman–Crippen MR) is 122 cm³/mol. The van der Waals surface area contributed by atoms with E-state index in [-0.39, 0.29) is 35.8 Å². The molecule has 30 heavy (non-hydrogen) atoms. The van der Waals surface area contributed by atoms with Crippen molar-refractivity contribution in [1.82, 2.24) is 15.3 Å². The first-order chi connectivity index (χ1) is 14.4. The smallest absolute Gasteiger partial charge is 0.289 e. The molecule has 6 N–H and O–H groups in total. The molecule has 2 aromatic rings. The molecule has 8 nitrogen and oxygen atoms in total. The quantitative estimate of drug-likeness (QED) is 0.409. The van der Waals surface area contributed by atoms with Crippen LogP contribution in [0, 0.1) is 6.92 Å². The summed E-state index contributed by atoms with van der Waals surface area (Å²) in [6.07, 6.45) is 5.95. The number of anilines is 1. The Balaban J connectivity index is 1.96. The van der Waals surface area contributed by atoms with E-state index in [4.69, 9.17) is 11.5 Å². The van der Waals surface area contributed by atoms with Crippen LogP contribution >= 0.6 is 0 Å². The van der Waals surface area contributed by atoms with Crippen molar-refractivity contribution in [2.45, 2.75) is 77.4 Å². The normalized spacial score (nSPS) is 19.8. The standard InChI is InChI=1S/C22H33N7O/c1-4-7-14(3)25-21(30)20-26-16-11-10-13(2)12-15(16)19(29-20)27-17-8-5-6-9-18(17)28-22(23)24/h10-12,14,17-18H,4-9H2,1-3H3,(H,25,30)(H4,23,24,28)(H,26,27,29). The minimum absolute atomic E-state index is 0.0135. The number of carbonyl (C=O) groups is 1. The second kappa shape index (κ2) is 9.73. The van der Waals surface area contributed by atoms with Crippen LogP contribution in [-0.2, 0) is 0 Å². The number of hydrogen-bond donors (Lipinski definition) is 4. The van der Waals surface area contributed by atoms with Crippen molar-refractivity contribution in [2.24, 2.45) is 16.5 Å². The van der Waals surface area contributed by atoms with Gasteiger partial charge in [0.1, 0.15) is 5.82 Å². The number of aliphatic imine (C=N–C) groups is 1. The van der Waals surface area contributed by atoms with Crippen molar-refractivity contribution in [2.75, 3.05) is 5.32 Å². The van der Waals surface area contributed by atoms with Crippen LogP contribution in [0.3, 0.4) is 0 Å². The summed E-state index contributed by atoms with van der Waals surface area (Å²) in [6.45, 7) is 6.11. The summed E-state index contributed by atoms with van der Waals surface area (Å²) in [6, 6.07) is 6.06. The Hall–Kier alpha value is -2.90. The van der Waals surface area contributed by atoms with Gasteiger partial charge in [0, 0.05) is 11.4 Å². The summed E-state index contributed by atoms with van der Waals surface area (Å²) in [7, 11) is 0. The van der Waals surface area contributed by atoms with E-state index >= 15 is 0 Å². The van der Waals surface area contributed by atoms with Crippen LogP contribution in [-0.4, -0.2) is 40.0 Å². The maximum absolute atomic E-state index is 12.8. The second-order valence-corrected chi connectivity index (χ2v) is 8.24. The third-order valence-corrected chi connectivity index (χ3v) is 5.52. The molecule has 162 valence electrons. The highest BCUT2D eigenvalue weighted by molar-refractivity contribution is 5.96. The molecule has 1 aliphatic rings. The molecule has 3 atom stereocenters. The van der Waals surface area contributed by atoms with Crippen molar-refractivity contribution in [3.63, 3.8) is 0 Å². The Morgan fingerprint density at radius 1 is 1.27 bits per heavy atom. The van der Waals surface area contributed by atoms with Gasteiger partial charge < -0.3 is 22.1 Å². The second-order valence-electron chi connectivity index (χ2n) is 8.24. The number of aromatic nitrogens is 2. The first-order valence-electron chi connectivity index (χ1n) is 10.8. The topological polar surface area (TPSA) is 131 Å². The van der Waals surface area contributed by atoms with Gasteiger partial charge in [-0.1, -0.05) is 37.8 Å². The third kappa shape index (κ3) is 5.37. The van der Waals surface area contributed by atoms with Crippen molar-refractivity contribution < 1.29 is 4.79 Å². The highest BCUT2D eigenvalue weighted by Gasteiger charge is 2.26. The summed E-state index contributed by atoms with van der Waals surface area (Å²) >= 11 is 0. The molecular formula is C22H33N7O. The lowest BCUT2D eigenvalue weighted by molar-refractivity contribution is 0.0928. The number of rotatable bonds is 7. The Labute approximate surface area is 177 Å². The molecule has 3 unspecified atom stereocenters. The highest BCUT2D eigenvalue weighted by atomic mass is 16.2. The van der Waals surface area contributed by atoms with Gasteiger partial charge in [-0.25, -0.2) is 15.0 Å². The zero-order chi connectivity index (χ0) is 21.7. The van der Waals surface area contributed by atoms with E-state index in [0.29, 0.717) is 5.82 Å². The average Bonchev–Trinajstić information content (AvgIpc) is 2.69. The number of fused-ring (bicyclic) bond motifs is 1. The Kier molecular flexibility index (Phi) is 7.07. The molecule has 0 aliphatic heterocycles. The Bertz CT molecular complexity index is 923. The molecule has 8 heteroatoms. The predicted octanol–water partition coefficient (Wildman–Crippen LogP) is 2.85. The highest BCUT2D eigenvalue weighted by Crippen LogP contribution is 2.28. The SMILES string of the molecule is CCCC(C)NC(=O)c1nc(NC2CCCCC2N=C(N)N)c2cc(C)ccc2n1. The van der Waals surface area contributed by atoms with Crippen molar-refractivity contribution >= 4 is 28.6 Å². The minimum atomic E-state index is -0.258. The van der Waals surface area contributed by atoms with Gasteiger partial charge in [-0.15, -0.1) is 0 Å². The molecule has 0 spiro atoms. The van der Waals surface area contributed by atoms with Crippen molar-refractivity contribution in [1.29, 1.82) is 0 Å². The van der Waals surface area contributed by atoms with E-state index < -0.39 is 0 Å². The maximum Gasteiger partial charge on any atom is 0.289 e. The van der Waals surface area contributed by atoms with Gasteiger partial charge in [0.05, 0.1) is 17.6 Å². The van der Waals surface area contributed by atoms with E-state index in [2.05, 4.69) is 32.5 Å². The maximum atomic E-state index is 12.8. The van der Waals surface area contributed by atoms with Gasteiger partial charge in [-0.2, -0.15) is 0 Å². The van der Waals surface area contributed by atoms with Crippen LogP contribution in [0.2, 0.25) is 0 Å². The molecule has 0 radical (unpaired) electrons. The Morgan fingerprint density at radius 3 is 2.77 bits per heavy atom. The first kappa shape index (κ1) is 21.8. The number of hydrogen-bond acceptors (Lipinski definition) is 5. The van der Waals surface area contributed by atoms with Crippen molar-refractivity contribution in [3.05, 3.63) is 29.6 Å². The molecule has 1 saturated carbocycles. The molecule has 1 aromatic carbocycles. The molecule has 0 bridgehead atoms. The number of nitrogens with two attached hydrogens (primary N) is 2. The van der Waals surface area contributed by atoms with E-state index in [9.17, 15) is 4.79 Å². The molecule has 1 aromatic heterocycles. The van der Waals surface area contributed by atoms with Gasteiger partial charge in [0.15, 0.2) is 5.96 Å². The minimum Gasteiger partial charge on any atom is -0.370 e. The summed E-state index contributed by atoms with van der Waals surface area (Å²) in [4.78, 5) is 26.3. The van der Waals surface area contributed by atoms with E-state index in [1.165, 1.54) is 0 Å². The number of guanidine groups is 1. The number of aryl methyl sites for hydroxylation is 1. The lowest BCUT2D eigenvalue weighted by atomic mass is 9.90. The molecular weight excluding hydrogens is 378 g/mol. The average molecular weight is 412 g/mol.